The van der Waals surface area contributed by atoms with E-state index in [0.717, 1.165) is 0 Å². The minimum atomic E-state index is -1.01. The molecule has 7 heteroatoms. The van der Waals surface area contributed by atoms with E-state index in [9.17, 15) is 14.9 Å². The van der Waals surface area contributed by atoms with Crippen LogP contribution in [0.25, 0.3) is 0 Å². The van der Waals surface area contributed by atoms with Crippen molar-refractivity contribution >= 4 is 39.0 Å². The zero-order chi connectivity index (χ0) is 15.6. The number of rotatable bonds is 4. The molecule has 2 aromatic carbocycles. The van der Waals surface area contributed by atoms with Gasteiger partial charge in [-0.25, -0.2) is 4.79 Å². The minimum Gasteiger partial charge on any atom is -0.478 e. The van der Waals surface area contributed by atoms with Crippen molar-refractivity contribution in [3.05, 3.63) is 62.1 Å². The molecule has 0 bridgehead atoms. The first kappa shape index (κ1) is 15.0. The molecule has 0 aromatic heterocycles. The Morgan fingerprint density at radius 3 is 2.52 bits per heavy atom. The summed E-state index contributed by atoms with van der Waals surface area (Å²) in [5.41, 5.74) is 2.13. The number of halogens is 1. The van der Waals surface area contributed by atoms with Gasteiger partial charge in [0.1, 0.15) is 0 Å². The molecule has 108 valence electrons. The van der Waals surface area contributed by atoms with E-state index in [1.54, 1.807) is 25.1 Å². The maximum Gasteiger partial charge on any atom is 0.335 e. The van der Waals surface area contributed by atoms with Gasteiger partial charge in [-0.1, -0.05) is 0 Å². The van der Waals surface area contributed by atoms with Crippen molar-refractivity contribution in [2.24, 2.45) is 0 Å². The van der Waals surface area contributed by atoms with Crippen LogP contribution in [0.1, 0.15) is 15.9 Å². The van der Waals surface area contributed by atoms with E-state index in [-0.39, 0.29) is 11.3 Å². The molecule has 0 aliphatic rings. The van der Waals surface area contributed by atoms with Crippen molar-refractivity contribution in [3.8, 4) is 0 Å². The zero-order valence-corrected chi connectivity index (χ0v) is 12.5. The number of aryl methyl sites for hydroxylation is 1. The van der Waals surface area contributed by atoms with E-state index in [0.29, 0.717) is 21.4 Å². The Labute approximate surface area is 128 Å². The molecule has 0 saturated heterocycles. The molecule has 0 saturated carbocycles. The Morgan fingerprint density at radius 2 is 2.00 bits per heavy atom. The number of nitrogens with one attached hydrogen (secondary N) is 1. The van der Waals surface area contributed by atoms with Crippen LogP contribution >= 0.6 is 15.9 Å². The fourth-order valence-electron chi connectivity index (χ4n) is 1.84. The van der Waals surface area contributed by atoms with Crippen LogP contribution in [0, 0.1) is 17.0 Å². The van der Waals surface area contributed by atoms with Crippen molar-refractivity contribution in [1.82, 2.24) is 0 Å². The fraction of sp³-hybridized carbons (Fsp3) is 0.0714. The van der Waals surface area contributed by atoms with Gasteiger partial charge in [0, 0.05) is 21.8 Å². The predicted octanol–water partition coefficient (Wildman–Crippen LogP) is 4.11. The van der Waals surface area contributed by atoms with Crippen molar-refractivity contribution in [1.29, 1.82) is 0 Å². The summed E-state index contributed by atoms with van der Waals surface area (Å²) < 4.78 is 0.596. The van der Waals surface area contributed by atoms with Gasteiger partial charge in [0.25, 0.3) is 5.69 Å². The van der Waals surface area contributed by atoms with Crippen LogP contribution < -0.4 is 5.32 Å². The molecule has 2 N–H and O–H groups in total. The highest BCUT2D eigenvalue weighted by molar-refractivity contribution is 9.10. The van der Waals surface area contributed by atoms with Crippen molar-refractivity contribution in [2.45, 2.75) is 6.92 Å². The van der Waals surface area contributed by atoms with Crippen molar-refractivity contribution < 1.29 is 14.8 Å². The van der Waals surface area contributed by atoms with E-state index >= 15 is 0 Å². The number of benzene rings is 2. The third-order valence-corrected chi connectivity index (χ3v) is 3.54. The molecule has 21 heavy (non-hydrogen) atoms. The Bertz CT molecular complexity index is 731. The van der Waals surface area contributed by atoms with Gasteiger partial charge >= 0.3 is 5.97 Å². The Hall–Kier alpha value is -2.41. The van der Waals surface area contributed by atoms with Crippen LogP contribution in [0.4, 0.5) is 17.1 Å². The number of nitro benzene ring substituents is 1. The predicted molar refractivity (Wildman–Crippen MR) is 82.2 cm³/mol. The molecule has 0 amide bonds. The van der Waals surface area contributed by atoms with Crippen molar-refractivity contribution in [2.75, 3.05) is 5.32 Å². The monoisotopic (exact) mass is 350 g/mol. The average molecular weight is 351 g/mol. The average Bonchev–Trinajstić information content (AvgIpc) is 2.40. The first-order valence-corrected chi connectivity index (χ1v) is 6.72. The highest BCUT2D eigenvalue weighted by Crippen LogP contribution is 2.29. The van der Waals surface area contributed by atoms with Crippen molar-refractivity contribution in [3.63, 3.8) is 0 Å². The number of nitrogens with zero attached hydrogens (tertiary/aromatic N) is 1. The summed E-state index contributed by atoms with van der Waals surface area (Å²) in [5.74, 6) is -1.01. The van der Waals surface area contributed by atoms with E-state index in [2.05, 4.69) is 21.2 Å². The third kappa shape index (κ3) is 3.38. The van der Waals surface area contributed by atoms with Crippen LogP contribution in [0.3, 0.4) is 0 Å². The van der Waals surface area contributed by atoms with Crippen LogP contribution in [-0.4, -0.2) is 16.0 Å². The van der Waals surface area contributed by atoms with Gasteiger partial charge in [0.05, 0.1) is 16.2 Å². The van der Waals surface area contributed by atoms with Crippen LogP contribution in [0.5, 0.6) is 0 Å². The van der Waals surface area contributed by atoms with Gasteiger partial charge < -0.3 is 10.4 Å². The second-order valence-corrected chi connectivity index (χ2v) is 5.24. The number of carbonyl (C=O) groups is 1. The highest BCUT2D eigenvalue weighted by atomic mass is 79.9. The van der Waals surface area contributed by atoms with Gasteiger partial charge in [0.15, 0.2) is 0 Å². The largest absolute Gasteiger partial charge is 0.478 e. The Balaban J connectivity index is 2.28. The first-order chi connectivity index (χ1) is 9.88. The van der Waals surface area contributed by atoms with Gasteiger partial charge in [-0.05, 0) is 53.2 Å². The molecule has 0 aliphatic carbocycles. The normalized spacial score (nSPS) is 10.2. The molecule has 0 unspecified atom stereocenters. The second kappa shape index (κ2) is 5.92. The molecule has 0 fully saturated rings. The summed E-state index contributed by atoms with van der Waals surface area (Å²) in [6, 6.07) is 9.29. The lowest BCUT2D eigenvalue weighted by Gasteiger charge is -2.10. The molecule has 0 heterocycles. The summed E-state index contributed by atoms with van der Waals surface area (Å²) in [4.78, 5) is 21.2. The minimum absolute atomic E-state index is 0.0563. The molecule has 2 aromatic rings. The zero-order valence-electron chi connectivity index (χ0n) is 11.0. The Morgan fingerprint density at radius 1 is 1.29 bits per heavy atom. The van der Waals surface area contributed by atoms with Gasteiger partial charge in [-0.3, -0.25) is 10.1 Å². The Kier molecular flexibility index (Phi) is 4.23. The number of aromatic carboxylic acids is 1. The molecule has 0 aliphatic heterocycles. The van der Waals surface area contributed by atoms with Gasteiger partial charge in [-0.15, -0.1) is 0 Å². The summed E-state index contributed by atoms with van der Waals surface area (Å²) in [5, 5.41) is 22.8. The third-order valence-electron chi connectivity index (χ3n) is 2.89. The lowest BCUT2D eigenvalue weighted by molar-refractivity contribution is -0.385. The SMILES string of the molecule is Cc1cc(Nc2ccc(C(=O)O)cc2Br)ccc1[N+](=O)[O-]. The maximum absolute atomic E-state index is 10.9. The molecular formula is C14H11BrN2O4. The van der Waals surface area contributed by atoms with E-state index in [4.69, 9.17) is 5.11 Å². The number of nitro groups is 1. The van der Waals surface area contributed by atoms with Crippen LogP contribution in [0.2, 0.25) is 0 Å². The van der Waals surface area contributed by atoms with Crippen LogP contribution in [0.15, 0.2) is 40.9 Å². The molecule has 6 nitrogen and oxygen atoms in total. The number of hydrogen-bond acceptors (Lipinski definition) is 4. The number of carboxylic acids is 1. The van der Waals surface area contributed by atoms with E-state index < -0.39 is 10.9 Å². The lowest BCUT2D eigenvalue weighted by Crippen LogP contribution is -1.98. The smallest absolute Gasteiger partial charge is 0.335 e. The van der Waals surface area contributed by atoms with Gasteiger partial charge in [-0.2, -0.15) is 0 Å². The fourth-order valence-corrected chi connectivity index (χ4v) is 2.32. The summed E-state index contributed by atoms with van der Waals surface area (Å²) in [7, 11) is 0. The number of hydrogen-bond donors (Lipinski definition) is 2. The highest BCUT2D eigenvalue weighted by Gasteiger charge is 2.11. The molecule has 0 spiro atoms. The topological polar surface area (TPSA) is 92.5 Å². The molecule has 2 rings (SSSR count). The molecule has 0 atom stereocenters. The van der Waals surface area contributed by atoms with Gasteiger partial charge in [0.2, 0.25) is 0 Å². The van der Waals surface area contributed by atoms with E-state index in [1.165, 1.54) is 18.2 Å². The quantitative estimate of drug-likeness (QED) is 0.639. The summed E-state index contributed by atoms with van der Waals surface area (Å²) in [6.45, 7) is 1.66. The number of carboxylic acid groups (broad SMARTS) is 1. The lowest BCUT2D eigenvalue weighted by atomic mass is 10.1. The molecular weight excluding hydrogens is 340 g/mol. The first-order valence-electron chi connectivity index (χ1n) is 5.93. The number of anilines is 2. The van der Waals surface area contributed by atoms with Crippen LogP contribution in [-0.2, 0) is 0 Å². The summed E-state index contributed by atoms with van der Waals surface area (Å²) >= 11 is 3.30. The maximum atomic E-state index is 10.9. The molecule has 0 radical (unpaired) electrons. The summed E-state index contributed by atoms with van der Waals surface area (Å²) in [6.07, 6.45) is 0. The van der Waals surface area contributed by atoms with E-state index in [1.807, 2.05) is 0 Å². The second-order valence-electron chi connectivity index (χ2n) is 4.38. The standard InChI is InChI=1S/C14H11BrN2O4/c1-8-6-10(3-5-13(8)17(20)21)16-12-4-2-9(14(18)19)7-11(12)15/h2-7,16H,1H3,(H,18,19).